The standard InChI is InChI=1S/C23H19BrN2O2S/c1-29-20-13-11-19(12-14-20)25-23(28)21(15-16-7-9-18(24)10-8-16)26-22(27)17-5-3-2-4-6-17/h2-15H,1H3,(H,25,28)(H,26,27)/b21-15-. The Kier molecular flexibility index (Phi) is 7.27. The number of anilines is 1. The van der Waals surface area contributed by atoms with Crippen molar-refractivity contribution in [2.45, 2.75) is 4.90 Å². The molecule has 0 aliphatic rings. The zero-order valence-electron chi connectivity index (χ0n) is 15.7. The largest absolute Gasteiger partial charge is 0.321 e. The van der Waals surface area contributed by atoms with Gasteiger partial charge < -0.3 is 10.6 Å². The number of nitrogens with one attached hydrogen (secondary N) is 2. The van der Waals surface area contributed by atoms with E-state index in [-0.39, 0.29) is 11.6 Å². The van der Waals surface area contributed by atoms with E-state index < -0.39 is 5.91 Å². The minimum Gasteiger partial charge on any atom is -0.321 e. The average molecular weight is 467 g/mol. The fraction of sp³-hybridized carbons (Fsp3) is 0.0435. The lowest BCUT2D eigenvalue weighted by atomic mass is 10.1. The van der Waals surface area contributed by atoms with Crippen LogP contribution >= 0.6 is 27.7 Å². The first-order valence-electron chi connectivity index (χ1n) is 8.84. The van der Waals surface area contributed by atoms with Gasteiger partial charge in [0.25, 0.3) is 11.8 Å². The molecule has 0 aliphatic carbocycles. The van der Waals surface area contributed by atoms with Gasteiger partial charge in [0, 0.05) is 20.6 Å². The van der Waals surface area contributed by atoms with Gasteiger partial charge in [0.05, 0.1) is 0 Å². The molecule has 6 heteroatoms. The normalized spacial score (nSPS) is 11.0. The van der Waals surface area contributed by atoms with Crippen LogP contribution < -0.4 is 10.6 Å². The Morgan fingerprint density at radius 3 is 2.17 bits per heavy atom. The summed E-state index contributed by atoms with van der Waals surface area (Å²) in [6.45, 7) is 0. The van der Waals surface area contributed by atoms with Gasteiger partial charge in [-0.25, -0.2) is 0 Å². The molecule has 3 rings (SSSR count). The SMILES string of the molecule is CSc1ccc(NC(=O)/C(=C/c2ccc(Br)cc2)NC(=O)c2ccccc2)cc1. The van der Waals surface area contributed by atoms with E-state index in [1.807, 2.05) is 60.9 Å². The number of rotatable bonds is 6. The zero-order chi connectivity index (χ0) is 20.6. The number of carbonyl (C=O) groups is 2. The number of carbonyl (C=O) groups excluding carboxylic acids is 2. The first-order valence-corrected chi connectivity index (χ1v) is 10.9. The van der Waals surface area contributed by atoms with E-state index >= 15 is 0 Å². The summed E-state index contributed by atoms with van der Waals surface area (Å²) in [4.78, 5) is 26.6. The minimum absolute atomic E-state index is 0.162. The summed E-state index contributed by atoms with van der Waals surface area (Å²) in [7, 11) is 0. The van der Waals surface area contributed by atoms with Crippen LogP contribution in [0.2, 0.25) is 0 Å². The molecule has 0 aliphatic heterocycles. The average Bonchev–Trinajstić information content (AvgIpc) is 2.76. The lowest BCUT2D eigenvalue weighted by Crippen LogP contribution is -2.30. The van der Waals surface area contributed by atoms with Gasteiger partial charge in [-0.05, 0) is 66.4 Å². The summed E-state index contributed by atoms with van der Waals surface area (Å²) in [5.74, 6) is -0.740. The predicted molar refractivity (Wildman–Crippen MR) is 123 cm³/mol. The molecule has 0 saturated carbocycles. The molecule has 0 saturated heterocycles. The van der Waals surface area contributed by atoms with Crippen LogP contribution in [0, 0.1) is 0 Å². The maximum Gasteiger partial charge on any atom is 0.272 e. The van der Waals surface area contributed by atoms with Crippen LogP contribution in [0.5, 0.6) is 0 Å². The highest BCUT2D eigenvalue weighted by Gasteiger charge is 2.15. The molecule has 0 fully saturated rings. The molecule has 4 nitrogen and oxygen atoms in total. The number of halogens is 1. The third-order valence-corrected chi connectivity index (χ3v) is 5.33. The highest BCUT2D eigenvalue weighted by atomic mass is 79.9. The quantitative estimate of drug-likeness (QED) is 0.368. The van der Waals surface area contributed by atoms with E-state index in [1.54, 1.807) is 42.1 Å². The maximum absolute atomic E-state index is 12.9. The Labute approximate surface area is 182 Å². The van der Waals surface area contributed by atoms with Crippen molar-refractivity contribution in [3.63, 3.8) is 0 Å². The summed E-state index contributed by atoms with van der Waals surface area (Å²) >= 11 is 5.02. The molecule has 3 aromatic carbocycles. The zero-order valence-corrected chi connectivity index (χ0v) is 18.1. The first-order chi connectivity index (χ1) is 14.0. The second-order valence-electron chi connectivity index (χ2n) is 6.11. The van der Waals surface area contributed by atoms with Crippen LogP contribution in [0.4, 0.5) is 5.69 Å². The minimum atomic E-state index is -0.394. The summed E-state index contributed by atoms with van der Waals surface area (Å²) in [5.41, 5.74) is 2.09. The molecule has 2 amide bonds. The van der Waals surface area contributed by atoms with E-state index in [9.17, 15) is 9.59 Å². The Morgan fingerprint density at radius 2 is 1.55 bits per heavy atom. The number of thioether (sulfide) groups is 1. The second kappa shape index (κ2) is 10.1. The molecule has 0 aromatic heterocycles. The summed E-state index contributed by atoms with van der Waals surface area (Å²) in [5, 5.41) is 5.57. The Hall–Kier alpha value is -2.83. The van der Waals surface area contributed by atoms with Gasteiger partial charge in [-0.15, -0.1) is 11.8 Å². The fourth-order valence-electron chi connectivity index (χ4n) is 2.54. The van der Waals surface area contributed by atoms with E-state index in [2.05, 4.69) is 26.6 Å². The Balaban J connectivity index is 1.85. The van der Waals surface area contributed by atoms with E-state index in [4.69, 9.17) is 0 Å². The Morgan fingerprint density at radius 1 is 0.897 bits per heavy atom. The highest BCUT2D eigenvalue weighted by molar-refractivity contribution is 9.10. The first kappa shape index (κ1) is 20.9. The van der Waals surface area contributed by atoms with Gasteiger partial charge in [-0.1, -0.05) is 46.3 Å². The van der Waals surface area contributed by atoms with Crippen molar-refractivity contribution in [2.75, 3.05) is 11.6 Å². The predicted octanol–water partition coefficient (Wildman–Crippen LogP) is 5.58. The molecule has 29 heavy (non-hydrogen) atoms. The lowest BCUT2D eigenvalue weighted by molar-refractivity contribution is -0.113. The van der Waals surface area contributed by atoms with Crippen LogP contribution in [0.15, 0.2) is 93.9 Å². The molecular formula is C23H19BrN2O2S. The molecule has 3 aromatic rings. The van der Waals surface area contributed by atoms with Crippen LogP contribution in [0.1, 0.15) is 15.9 Å². The second-order valence-corrected chi connectivity index (χ2v) is 7.91. The molecule has 146 valence electrons. The Bertz CT molecular complexity index is 1020. The van der Waals surface area contributed by atoms with Gasteiger partial charge in [0.2, 0.25) is 0 Å². The van der Waals surface area contributed by atoms with Crippen LogP contribution in [0.3, 0.4) is 0 Å². The lowest BCUT2D eigenvalue weighted by Gasteiger charge is -2.12. The van der Waals surface area contributed by atoms with Gasteiger partial charge in [0.1, 0.15) is 5.70 Å². The monoisotopic (exact) mass is 466 g/mol. The van der Waals surface area contributed by atoms with Crippen molar-refractivity contribution in [1.29, 1.82) is 0 Å². The smallest absolute Gasteiger partial charge is 0.272 e. The van der Waals surface area contributed by atoms with Crippen molar-refractivity contribution in [2.24, 2.45) is 0 Å². The van der Waals surface area contributed by atoms with Gasteiger partial charge in [-0.2, -0.15) is 0 Å². The molecular weight excluding hydrogens is 448 g/mol. The third-order valence-electron chi connectivity index (χ3n) is 4.06. The summed E-state index contributed by atoms with van der Waals surface area (Å²) in [6.07, 6.45) is 3.64. The molecule has 0 bridgehead atoms. The van der Waals surface area contributed by atoms with Gasteiger partial charge in [-0.3, -0.25) is 9.59 Å². The van der Waals surface area contributed by atoms with E-state index in [0.29, 0.717) is 11.3 Å². The van der Waals surface area contributed by atoms with Crippen molar-refractivity contribution in [3.8, 4) is 0 Å². The number of hydrogen-bond acceptors (Lipinski definition) is 3. The highest BCUT2D eigenvalue weighted by Crippen LogP contribution is 2.18. The van der Waals surface area contributed by atoms with Gasteiger partial charge >= 0.3 is 0 Å². The van der Waals surface area contributed by atoms with Crippen molar-refractivity contribution in [3.05, 3.63) is 100 Å². The molecule has 0 radical (unpaired) electrons. The van der Waals surface area contributed by atoms with Crippen molar-refractivity contribution in [1.82, 2.24) is 5.32 Å². The van der Waals surface area contributed by atoms with Crippen molar-refractivity contribution < 1.29 is 9.59 Å². The molecule has 2 N–H and O–H groups in total. The molecule has 0 heterocycles. The number of benzene rings is 3. The topological polar surface area (TPSA) is 58.2 Å². The maximum atomic E-state index is 12.9. The molecule has 0 spiro atoms. The molecule has 0 unspecified atom stereocenters. The summed E-state index contributed by atoms with van der Waals surface area (Å²) in [6, 6.07) is 23.8. The van der Waals surface area contributed by atoms with Crippen molar-refractivity contribution >= 4 is 51.3 Å². The number of amides is 2. The molecule has 0 atom stereocenters. The third kappa shape index (κ3) is 6.07. The van der Waals surface area contributed by atoms with Gasteiger partial charge in [0.15, 0.2) is 0 Å². The van der Waals surface area contributed by atoms with Crippen LogP contribution in [0.25, 0.3) is 6.08 Å². The fourth-order valence-corrected chi connectivity index (χ4v) is 3.21. The van der Waals surface area contributed by atoms with E-state index in [1.165, 1.54) is 0 Å². The van der Waals surface area contributed by atoms with Crippen LogP contribution in [-0.4, -0.2) is 18.1 Å². The van der Waals surface area contributed by atoms with E-state index in [0.717, 1.165) is 14.9 Å². The number of hydrogen-bond donors (Lipinski definition) is 2. The summed E-state index contributed by atoms with van der Waals surface area (Å²) < 4.78 is 0.933. The van der Waals surface area contributed by atoms with Crippen LogP contribution in [-0.2, 0) is 4.79 Å².